The van der Waals surface area contributed by atoms with Gasteiger partial charge >= 0.3 is 0 Å². The number of hydrogen-bond acceptors (Lipinski definition) is 0. The van der Waals surface area contributed by atoms with E-state index in [9.17, 15) is 0 Å². The predicted octanol–water partition coefficient (Wildman–Crippen LogP) is 11.1. The molecule has 0 N–H and O–H groups in total. The molecule has 0 aliphatic carbocycles. The van der Waals surface area contributed by atoms with Crippen molar-refractivity contribution in [1.82, 2.24) is 0 Å². The van der Waals surface area contributed by atoms with Gasteiger partial charge in [-0.15, -0.1) is 0 Å². The maximum Gasteiger partial charge on any atom is -0.0134 e. The highest BCUT2D eigenvalue weighted by atomic mass is 31.1. The lowest BCUT2D eigenvalue weighted by molar-refractivity contribution is 1.58. The van der Waals surface area contributed by atoms with Gasteiger partial charge in [-0.25, -0.2) is 0 Å². The molecule has 6 aromatic rings. The third-order valence-corrected chi connectivity index (χ3v) is 10.7. The second kappa shape index (κ2) is 14.8. The lowest BCUT2D eigenvalue weighted by Crippen LogP contribution is -2.20. The molecule has 0 atom stereocenters. The third-order valence-electron chi connectivity index (χ3n) is 8.29. The normalized spacial score (nSPS) is 13.0. The minimum absolute atomic E-state index is 0.744. The summed E-state index contributed by atoms with van der Waals surface area (Å²) in [6.45, 7) is 6.58. The third kappa shape index (κ3) is 7.78. The maximum absolute atomic E-state index is 2.33. The molecule has 0 aliphatic heterocycles. The van der Waals surface area contributed by atoms with Crippen LogP contribution in [0.3, 0.4) is 0 Å². The van der Waals surface area contributed by atoms with E-state index >= 15 is 0 Å². The molecule has 0 amide bonds. The molecular weight excluding hydrogens is 571 g/mol. The Morgan fingerprint density at radius 2 is 0.565 bits per heavy atom. The van der Waals surface area contributed by atoms with Crippen LogP contribution >= 0.6 is 7.92 Å². The highest BCUT2D eigenvalue weighted by molar-refractivity contribution is 7.79. The van der Waals surface area contributed by atoms with Crippen molar-refractivity contribution in [3.63, 3.8) is 0 Å². The van der Waals surface area contributed by atoms with Gasteiger partial charge in [-0.05, 0) is 94.7 Å². The highest BCUT2D eigenvalue weighted by Crippen LogP contribution is 2.35. The van der Waals surface area contributed by atoms with Crippen LogP contribution in [-0.2, 0) is 0 Å². The van der Waals surface area contributed by atoms with Gasteiger partial charge in [0.15, 0.2) is 0 Å². The summed E-state index contributed by atoms with van der Waals surface area (Å²) < 4.78 is 0. The van der Waals surface area contributed by atoms with Crippen LogP contribution < -0.4 is 15.9 Å². The summed E-state index contributed by atoms with van der Waals surface area (Å²) >= 11 is 0. The Hall–Kier alpha value is -5.03. The zero-order chi connectivity index (χ0) is 31.7. The Kier molecular flexibility index (Phi) is 9.99. The molecular formula is C45H39P. The van der Waals surface area contributed by atoms with E-state index in [4.69, 9.17) is 0 Å². The van der Waals surface area contributed by atoms with Gasteiger partial charge in [0.2, 0.25) is 0 Å². The summed E-state index contributed by atoms with van der Waals surface area (Å²) in [5.41, 5.74) is 11.2. The molecule has 0 radical (unpaired) electrons. The number of allylic oxidation sites excluding steroid dienone is 3. The zero-order valence-corrected chi connectivity index (χ0v) is 27.7. The molecule has 0 saturated carbocycles. The first-order valence-electron chi connectivity index (χ1n) is 15.8. The van der Waals surface area contributed by atoms with Crippen molar-refractivity contribution in [2.45, 2.75) is 20.8 Å². The van der Waals surface area contributed by atoms with Gasteiger partial charge in [0.25, 0.3) is 0 Å². The van der Waals surface area contributed by atoms with E-state index in [1.807, 2.05) is 0 Å². The molecule has 1 heteroatoms. The van der Waals surface area contributed by atoms with Crippen LogP contribution in [0.4, 0.5) is 0 Å². The van der Waals surface area contributed by atoms with Gasteiger partial charge < -0.3 is 0 Å². The minimum Gasteiger partial charge on any atom is -0.0622 e. The molecule has 46 heavy (non-hydrogen) atoms. The smallest absolute Gasteiger partial charge is 0.0134 e. The summed E-state index contributed by atoms with van der Waals surface area (Å²) in [4.78, 5) is 0. The van der Waals surface area contributed by atoms with Crippen LogP contribution in [0.5, 0.6) is 0 Å². The average molecular weight is 611 g/mol. The van der Waals surface area contributed by atoms with Gasteiger partial charge in [-0.3, -0.25) is 0 Å². The fourth-order valence-electron chi connectivity index (χ4n) is 5.72. The summed E-state index contributed by atoms with van der Waals surface area (Å²) in [7, 11) is -0.744. The molecule has 0 fully saturated rings. The van der Waals surface area contributed by atoms with Crippen molar-refractivity contribution in [2.24, 2.45) is 0 Å². The van der Waals surface area contributed by atoms with Gasteiger partial charge in [0.05, 0.1) is 0 Å². The largest absolute Gasteiger partial charge is 0.0622 e. The van der Waals surface area contributed by atoms with E-state index < -0.39 is 7.92 Å². The van der Waals surface area contributed by atoms with Crippen LogP contribution in [0.2, 0.25) is 0 Å². The Bertz CT molecular complexity index is 1710. The average Bonchev–Trinajstić information content (AvgIpc) is 3.10. The first-order valence-corrected chi connectivity index (χ1v) is 17.2. The molecule has 0 nitrogen and oxygen atoms in total. The zero-order valence-electron chi connectivity index (χ0n) is 26.8. The van der Waals surface area contributed by atoms with Gasteiger partial charge in [0, 0.05) is 0 Å². The molecule has 0 aromatic heterocycles. The molecule has 224 valence electrons. The second-order valence-corrected chi connectivity index (χ2v) is 13.9. The Morgan fingerprint density at radius 1 is 0.326 bits per heavy atom. The number of hydrogen-bond donors (Lipinski definition) is 0. The van der Waals surface area contributed by atoms with Gasteiger partial charge in [-0.1, -0.05) is 182 Å². The first-order chi connectivity index (χ1) is 22.5. The number of rotatable bonds is 9. The summed E-state index contributed by atoms with van der Waals surface area (Å²) in [5.74, 6) is 0. The molecule has 0 spiro atoms. The van der Waals surface area contributed by atoms with Gasteiger partial charge in [-0.2, -0.15) is 0 Å². The lowest BCUT2D eigenvalue weighted by Gasteiger charge is -2.21. The lowest BCUT2D eigenvalue weighted by atomic mass is 10.0. The van der Waals surface area contributed by atoms with Crippen LogP contribution in [0.15, 0.2) is 164 Å². The molecule has 0 saturated heterocycles. The summed E-state index contributed by atoms with van der Waals surface area (Å²) in [6.07, 6.45) is 6.77. The quantitative estimate of drug-likeness (QED) is 0.113. The fraction of sp³-hybridized carbons (Fsp3) is 0.0667. The second-order valence-electron chi connectivity index (χ2n) is 11.7. The minimum atomic E-state index is -0.744. The van der Waals surface area contributed by atoms with Crippen molar-refractivity contribution in [1.29, 1.82) is 0 Å². The van der Waals surface area contributed by atoms with Crippen LogP contribution in [0.25, 0.3) is 34.9 Å². The monoisotopic (exact) mass is 610 g/mol. The standard InChI is InChI=1S/C45H39P/c1-34(31-37-13-7-4-8-14-37)40-19-25-43(26-20-40)46(44-27-21-41(22-28-44)35(2)32-38-15-9-5-10-16-38)45-29-23-42(24-30-45)36(3)33-39-17-11-6-12-18-39/h4-33H,1-3H3. The highest BCUT2D eigenvalue weighted by Gasteiger charge is 2.17. The van der Waals surface area contributed by atoms with Crippen molar-refractivity contribution in [3.05, 3.63) is 197 Å². The van der Waals surface area contributed by atoms with E-state index in [0.717, 1.165) is 0 Å². The first kappa shape index (κ1) is 31.0. The van der Waals surface area contributed by atoms with E-state index in [-0.39, 0.29) is 0 Å². The number of benzene rings is 6. The summed E-state index contributed by atoms with van der Waals surface area (Å²) in [5, 5.41) is 4.04. The van der Waals surface area contributed by atoms with Crippen molar-refractivity contribution < 1.29 is 0 Å². The van der Waals surface area contributed by atoms with Crippen LogP contribution in [0, 0.1) is 0 Å². The molecule has 6 aromatic carbocycles. The molecule has 0 bridgehead atoms. The molecule has 6 rings (SSSR count). The van der Waals surface area contributed by atoms with E-state index in [1.54, 1.807) is 0 Å². The van der Waals surface area contributed by atoms with Crippen molar-refractivity contribution in [3.8, 4) is 0 Å². The maximum atomic E-state index is 2.33. The van der Waals surface area contributed by atoms with E-state index in [0.29, 0.717) is 0 Å². The SMILES string of the molecule is CC(=Cc1ccccc1)c1ccc(P(c2ccc(C(C)=Cc3ccccc3)cc2)c2ccc(C(C)=Cc3ccccc3)cc2)cc1. The fourth-order valence-corrected chi connectivity index (χ4v) is 7.95. The Labute approximate surface area is 275 Å². The Balaban J connectivity index is 1.33. The van der Waals surface area contributed by atoms with E-state index in [1.165, 1.54) is 66.0 Å². The summed E-state index contributed by atoms with van der Waals surface area (Å²) in [6, 6.07) is 59.2. The van der Waals surface area contributed by atoms with Gasteiger partial charge in [0.1, 0.15) is 0 Å². The van der Waals surface area contributed by atoms with Crippen LogP contribution in [-0.4, -0.2) is 0 Å². The Morgan fingerprint density at radius 3 is 0.804 bits per heavy atom. The predicted molar refractivity (Wildman–Crippen MR) is 205 cm³/mol. The molecule has 0 heterocycles. The van der Waals surface area contributed by atoms with Crippen molar-refractivity contribution >= 4 is 58.8 Å². The van der Waals surface area contributed by atoms with E-state index in [2.05, 4.69) is 203 Å². The molecule has 0 unspecified atom stereocenters. The van der Waals surface area contributed by atoms with Crippen molar-refractivity contribution in [2.75, 3.05) is 0 Å². The topological polar surface area (TPSA) is 0 Å². The van der Waals surface area contributed by atoms with Crippen LogP contribution in [0.1, 0.15) is 54.2 Å². The molecule has 0 aliphatic rings.